The van der Waals surface area contributed by atoms with Crippen LogP contribution in [0.15, 0.2) is 4.52 Å². The number of nitrogens with two attached hydrogens (primary N) is 1. The van der Waals surface area contributed by atoms with E-state index in [0.717, 1.165) is 12.2 Å². The van der Waals surface area contributed by atoms with Gasteiger partial charge >= 0.3 is 0 Å². The van der Waals surface area contributed by atoms with Gasteiger partial charge in [0, 0.05) is 13.0 Å². The van der Waals surface area contributed by atoms with E-state index in [-0.39, 0.29) is 6.10 Å². The molecule has 0 bridgehead atoms. The molecule has 1 aromatic heterocycles. The first-order valence-electron chi connectivity index (χ1n) is 7.88. The van der Waals surface area contributed by atoms with Crippen LogP contribution in [-0.4, -0.2) is 23.3 Å². The van der Waals surface area contributed by atoms with Crippen molar-refractivity contribution in [2.45, 2.75) is 58.5 Å². The molecule has 0 saturated heterocycles. The summed E-state index contributed by atoms with van der Waals surface area (Å²) in [5, 5.41) is 4.15. The molecule has 1 saturated carbocycles. The second-order valence-corrected chi connectivity index (χ2v) is 5.87. The summed E-state index contributed by atoms with van der Waals surface area (Å²) in [7, 11) is 0. The van der Waals surface area contributed by atoms with Crippen molar-refractivity contribution in [3.63, 3.8) is 0 Å². The van der Waals surface area contributed by atoms with Crippen molar-refractivity contribution >= 4 is 0 Å². The molecule has 1 aliphatic carbocycles. The Kier molecular flexibility index (Phi) is 5.98. The molecule has 20 heavy (non-hydrogen) atoms. The smallest absolute Gasteiger partial charge is 0.227 e. The van der Waals surface area contributed by atoms with E-state index < -0.39 is 0 Å². The fraction of sp³-hybridized carbons (Fsp3) is 0.867. The van der Waals surface area contributed by atoms with Gasteiger partial charge < -0.3 is 15.0 Å². The predicted molar refractivity (Wildman–Crippen MR) is 77.2 cm³/mol. The lowest BCUT2D eigenvalue weighted by Crippen LogP contribution is -2.20. The lowest BCUT2D eigenvalue weighted by molar-refractivity contribution is -0.00145. The molecule has 2 unspecified atom stereocenters. The van der Waals surface area contributed by atoms with Crippen LogP contribution < -0.4 is 5.73 Å². The summed E-state index contributed by atoms with van der Waals surface area (Å²) in [6, 6.07) is 0. The zero-order chi connectivity index (χ0) is 14.4. The number of hydrogen-bond donors (Lipinski definition) is 1. The maximum atomic E-state index is 5.90. The van der Waals surface area contributed by atoms with Crippen LogP contribution in [0.2, 0.25) is 0 Å². The van der Waals surface area contributed by atoms with Crippen LogP contribution in [0.5, 0.6) is 0 Å². The minimum Gasteiger partial charge on any atom is -0.370 e. The predicted octanol–water partition coefficient (Wildman–Crippen LogP) is 2.86. The Morgan fingerprint density at radius 2 is 2.10 bits per heavy atom. The third kappa shape index (κ3) is 4.03. The molecule has 0 radical (unpaired) electrons. The van der Waals surface area contributed by atoms with Crippen molar-refractivity contribution in [1.29, 1.82) is 0 Å². The number of hydrogen-bond acceptors (Lipinski definition) is 5. The van der Waals surface area contributed by atoms with Crippen LogP contribution in [0.1, 0.15) is 63.8 Å². The van der Waals surface area contributed by atoms with E-state index in [1.807, 2.05) is 6.92 Å². The highest BCUT2D eigenvalue weighted by atomic mass is 16.5. The Hall–Kier alpha value is -0.940. The summed E-state index contributed by atoms with van der Waals surface area (Å²) in [4.78, 5) is 4.53. The van der Waals surface area contributed by atoms with E-state index in [1.54, 1.807) is 0 Å². The van der Waals surface area contributed by atoms with E-state index in [2.05, 4.69) is 17.1 Å². The number of aromatic nitrogens is 2. The average Bonchev–Trinajstić information content (AvgIpc) is 2.93. The van der Waals surface area contributed by atoms with Gasteiger partial charge in [0.25, 0.3) is 0 Å². The normalized spacial score (nSPS) is 19.9. The molecule has 0 aliphatic heterocycles. The van der Waals surface area contributed by atoms with Crippen LogP contribution in [-0.2, 0) is 11.2 Å². The van der Waals surface area contributed by atoms with Gasteiger partial charge in [0.15, 0.2) is 0 Å². The summed E-state index contributed by atoms with van der Waals surface area (Å²) in [5.41, 5.74) is 5.64. The Morgan fingerprint density at radius 3 is 2.75 bits per heavy atom. The molecule has 5 nitrogen and oxygen atoms in total. The lowest BCUT2D eigenvalue weighted by Gasteiger charge is -2.27. The third-order valence-corrected chi connectivity index (χ3v) is 4.09. The Morgan fingerprint density at radius 1 is 1.35 bits per heavy atom. The van der Waals surface area contributed by atoms with Gasteiger partial charge in [0.2, 0.25) is 11.7 Å². The zero-order valence-electron chi connectivity index (χ0n) is 12.7. The minimum atomic E-state index is -0.00835. The second kappa shape index (κ2) is 7.74. The summed E-state index contributed by atoms with van der Waals surface area (Å²) in [6.07, 6.45) is 7.03. The van der Waals surface area contributed by atoms with Gasteiger partial charge in [-0.2, -0.15) is 4.98 Å². The molecule has 0 spiro atoms. The van der Waals surface area contributed by atoms with Crippen LogP contribution in [0.25, 0.3) is 0 Å². The molecule has 1 heterocycles. The van der Waals surface area contributed by atoms with Crippen molar-refractivity contribution in [2.24, 2.45) is 17.6 Å². The molecule has 2 N–H and O–H groups in total. The molecule has 1 fully saturated rings. The van der Waals surface area contributed by atoms with Crippen LogP contribution >= 0.6 is 0 Å². The molecular weight excluding hydrogens is 254 g/mol. The standard InChI is InChI=1S/C15H27N3O2/c1-3-19-14(12-7-5-4-6-8-12)15-17-13(20-18-15)9-11(2)10-16/h11-12,14H,3-10,16H2,1-2H3. The Labute approximate surface area is 121 Å². The highest BCUT2D eigenvalue weighted by Gasteiger charge is 2.29. The van der Waals surface area contributed by atoms with Gasteiger partial charge in [-0.05, 0) is 38.1 Å². The van der Waals surface area contributed by atoms with Crippen molar-refractivity contribution in [1.82, 2.24) is 10.1 Å². The second-order valence-electron chi connectivity index (χ2n) is 5.87. The summed E-state index contributed by atoms with van der Waals surface area (Å²) >= 11 is 0. The molecular formula is C15H27N3O2. The van der Waals surface area contributed by atoms with Gasteiger partial charge in [0.1, 0.15) is 6.10 Å². The first-order chi connectivity index (χ1) is 9.74. The first kappa shape index (κ1) is 15.4. The van der Waals surface area contributed by atoms with Gasteiger partial charge in [-0.1, -0.05) is 31.3 Å². The fourth-order valence-corrected chi connectivity index (χ4v) is 2.89. The number of rotatable bonds is 7. The maximum Gasteiger partial charge on any atom is 0.227 e. The lowest BCUT2D eigenvalue weighted by atomic mass is 9.85. The Bertz CT molecular complexity index is 388. The largest absolute Gasteiger partial charge is 0.370 e. The number of ether oxygens (including phenoxy) is 1. The van der Waals surface area contributed by atoms with Gasteiger partial charge in [0.05, 0.1) is 0 Å². The molecule has 5 heteroatoms. The molecule has 0 aromatic carbocycles. The maximum absolute atomic E-state index is 5.90. The van der Waals surface area contributed by atoms with E-state index in [0.29, 0.717) is 30.9 Å². The van der Waals surface area contributed by atoms with E-state index in [4.69, 9.17) is 15.0 Å². The van der Waals surface area contributed by atoms with Crippen LogP contribution in [0.4, 0.5) is 0 Å². The molecule has 1 aromatic rings. The van der Waals surface area contributed by atoms with E-state index in [1.165, 1.54) is 32.1 Å². The first-order valence-corrected chi connectivity index (χ1v) is 7.88. The molecule has 2 rings (SSSR count). The highest BCUT2D eigenvalue weighted by molar-refractivity contribution is 4.95. The zero-order valence-corrected chi connectivity index (χ0v) is 12.7. The minimum absolute atomic E-state index is 0.00835. The van der Waals surface area contributed by atoms with Crippen LogP contribution in [0, 0.1) is 11.8 Å². The summed E-state index contributed by atoms with van der Waals surface area (Å²) in [6.45, 7) is 5.43. The van der Waals surface area contributed by atoms with Crippen molar-refractivity contribution in [2.75, 3.05) is 13.2 Å². The van der Waals surface area contributed by atoms with E-state index >= 15 is 0 Å². The third-order valence-electron chi connectivity index (χ3n) is 4.09. The molecule has 114 valence electrons. The topological polar surface area (TPSA) is 74.2 Å². The van der Waals surface area contributed by atoms with Gasteiger partial charge in [-0.15, -0.1) is 0 Å². The van der Waals surface area contributed by atoms with Crippen LogP contribution in [0.3, 0.4) is 0 Å². The quantitative estimate of drug-likeness (QED) is 0.831. The fourth-order valence-electron chi connectivity index (χ4n) is 2.89. The average molecular weight is 281 g/mol. The van der Waals surface area contributed by atoms with Crippen molar-refractivity contribution in [3.8, 4) is 0 Å². The number of nitrogens with zero attached hydrogens (tertiary/aromatic N) is 2. The Balaban J connectivity index is 2.04. The molecule has 1 aliphatic rings. The van der Waals surface area contributed by atoms with Gasteiger partial charge in [-0.3, -0.25) is 0 Å². The molecule has 0 amide bonds. The summed E-state index contributed by atoms with van der Waals surface area (Å²) in [5.74, 6) is 2.29. The highest BCUT2D eigenvalue weighted by Crippen LogP contribution is 2.35. The van der Waals surface area contributed by atoms with Gasteiger partial charge in [-0.25, -0.2) is 0 Å². The summed E-state index contributed by atoms with van der Waals surface area (Å²) < 4.78 is 11.3. The SMILES string of the molecule is CCOC(c1noc(CC(C)CN)n1)C1CCCCC1. The molecule has 2 atom stereocenters. The van der Waals surface area contributed by atoms with Crippen molar-refractivity contribution in [3.05, 3.63) is 11.7 Å². The monoisotopic (exact) mass is 281 g/mol. The van der Waals surface area contributed by atoms with Crippen molar-refractivity contribution < 1.29 is 9.26 Å². The van der Waals surface area contributed by atoms with E-state index in [9.17, 15) is 0 Å².